The fourth-order valence-corrected chi connectivity index (χ4v) is 5.09. The second-order valence-electron chi connectivity index (χ2n) is 6.11. The summed E-state index contributed by atoms with van der Waals surface area (Å²) in [6, 6.07) is 12.2. The van der Waals surface area contributed by atoms with Crippen molar-refractivity contribution >= 4 is 43.2 Å². The van der Waals surface area contributed by atoms with E-state index in [9.17, 15) is 13.2 Å². The first-order chi connectivity index (χ1) is 11.9. The number of rotatable bonds is 5. The van der Waals surface area contributed by atoms with Crippen molar-refractivity contribution in [2.45, 2.75) is 30.3 Å². The Balaban J connectivity index is 1.71. The Morgan fingerprint density at radius 1 is 1.16 bits per heavy atom. The first kappa shape index (κ1) is 16.8. The van der Waals surface area contributed by atoms with Gasteiger partial charge in [-0.1, -0.05) is 35.1 Å². The van der Waals surface area contributed by atoms with E-state index in [1.54, 1.807) is 34.9 Å². The van der Waals surface area contributed by atoms with Crippen molar-refractivity contribution in [3.63, 3.8) is 0 Å². The van der Waals surface area contributed by atoms with Crippen LogP contribution in [-0.4, -0.2) is 19.0 Å². The summed E-state index contributed by atoms with van der Waals surface area (Å²) in [6.45, 7) is 0.419. The lowest BCUT2D eigenvalue weighted by molar-refractivity contribution is 0.581. The summed E-state index contributed by atoms with van der Waals surface area (Å²) in [7, 11) is -3.53. The molecule has 1 aromatic heterocycles. The molecule has 0 spiro atoms. The number of sulfonamides is 1. The molecule has 8 heteroatoms. The first-order valence-electron chi connectivity index (χ1n) is 7.82. The van der Waals surface area contributed by atoms with Gasteiger partial charge in [0.2, 0.25) is 10.0 Å². The molecule has 1 N–H and O–H groups in total. The summed E-state index contributed by atoms with van der Waals surface area (Å²) in [5, 5.41) is 0.643. The predicted octanol–water partition coefficient (Wildman–Crippen LogP) is 3.21. The highest BCUT2D eigenvalue weighted by molar-refractivity contribution is 7.89. The van der Waals surface area contributed by atoms with E-state index in [1.807, 2.05) is 12.1 Å². The molecule has 0 amide bonds. The zero-order chi connectivity index (χ0) is 17.6. The number of thiazole rings is 1. The number of nitrogens with one attached hydrogen (secondary N) is 1. The van der Waals surface area contributed by atoms with E-state index in [1.165, 1.54) is 0 Å². The van der Waals surface area contributed by atoms with Crippen LogP contribution in [0.25, 0.3) is 10.2 Å². The highest BCUT2D eigenvalue weighted by Gasteiger charge is 2.28. The summed E-state index contributed by atoms with van der Waals surface area (Å²) in [6.07, 6.45) is 1.76. The lowest BCUT2D eigenvalue weighted by atomic mass is 10.2. The van der Waals surface area contributed by atoms with Gasteiger partial charge in [0, 0.05) is 11.1 Å². The largest absolute Gasteiger partial charge is 0.308 e. The second kappa shape index (κ2) is 6.25. The maximum atomic E-state index is 12.3. The minimum absolute atomic E-state index is 0.0499. The van der Waals surface area contributed by atoms with Crippen molar-refractivity contribution in [3.05, 3.63) is 62.7 Å². The Hall–Kier alpha value is -1.67. The molecular formula is C17H15ClN2O3S2. The number of fused-ring (bicyclic) bond motifs is 1. The van der Waals surface area contributed by atoms with Crippen molar-refractivity contribution in [2.75, 3.05) is 0 Å². The molecule has 0 aliphatic heterocycles. The van der Waals surface area contributed by atoms with Gasteiger partial charge in [0.15, 0.2) is 0 Å². The number of hydrogen-bond acceptors (Lipinski definition) is 4. The van der Waals surface area contributed by atoms with Crippen LogP contribution in [0, 0.1) is 0 Å². The summed E-state index contributed by atoms with van der Waals surface area (Å²) in [4.78, 5) is 12.4. The van der Waals surface area contributed by atoms with Gasteiger partial charge in [-0.25, -0.2) is 13.1 Å². The molecule has 0 bridgehead atoms. The molecule has 0 radical (unpaired) electrons. The van der Waals surface area contributed by atoms with Gasteiger partial charge in [0.25, 0.3) is 0 Å². The molecule has 25 heavy (non-hydrogen) atoms. The smallest absolute Gasteiger partial charge is 0.294 e. The molecular weight excluding hydrogens is 380 g/mol. The second-order valence-corrected chi connectivity index (χ2v) is 9.25. The summed E-state index contributed by atoms with van der Waals surface area (Å²) < 4.78 is 29.6. The van der Waals surface area contributed by atoms with Gasteiger partial charge in [-0.05, 0) is 48.7 Å². The molecule has 0 saturated heterocycles. The van der Waals surface area contributed by atoms with E-state index in [0.717, 1.165) is 35.3 Å². The molecule has 5 nitrogen and oxygen atoms in total. The van der Waals surface area contributed by atoms with Crippen LogP contribution in [0.2, 0.25) is 5.02 Å². The fraction of sp³-hybridized carbons (Fsp3) is 0.235. The van der Waals surface area contributed by atoms with E-state index in [-0.39, 0.29) is 15.8 Å². The Morgan fingerprint density at radius 3 is 2.56 bits per heavy atom. The highest BCUT2D eigenvalue weighted by atomic mass is 35.5. The van der Waals surface area contributed by atoms with E-state index in [0.29, 0.717) is 16.3 Å². The molecule has 0 unspecified atom stereocenters. The SMILES string of the molecule is O=c1sc2cc(S(=O)(=O)NC3CC3)ccc2n1Cc1ccc(Cl)cc1. The van der Waals surface area contributed by atoms with Crippen molar-refractivity contribution in [3.8, 4) is 0 Å². The Bertz CT molecular complexity index is 1100. The van der Waals surface area contributed by atoms with Gasteiger partial charge in [-0.15, -0.1) is 0 Å². The maximum absolute atomic E-state index is 12.3. The summed E-state index contributed by atoms with van der Waals surface area (Å²) in [5.41, 5.74) is 1.69. The van der Waals surface area contributed by atoms with Crippen LogP contribution in [0.1, 0.15) is 18.4 Å². The fourth-order valence-electron chi connectivity index (χ4n) is 2.62. The topological polar surface area (TPSA) is 68.2 Å². The van der Waals surface area contributed by atoms with E-state index >= 15 is 0 Å². The number of nitrogens with zero attached hydrogens (tertiary/aromatic N) is 1. The van der Waals surface area contributed by atoms with Gasteiger partial charge < -0.3 is 0 Å². The molecule has 1 fully saturated rings. The lowest BCUT2D eigenvalue weighted by Gasteiger charge is -2.07. The number of benzene rings is 2. The van der Waals surface area contributed by atoms with Crippen LogP contribution in [0.3, 0.4) is 0 Å². The molecule has 4 rings (SSSR count). The normalized spacial score (nSPS) is 14.9. The van der Waals surface area contributed by atoms with Gasteiger partial charge in [0.1, 0.15) is 0 Å². The third-order valence-electron chi connectivity index (χ3n) is 4.10. The van der Waals surface area contributed by atoms with Crippen LogP contribution in [0.15, 0.2) is 52.2 Å². The zero-order valence-corrected chi connectivity index (χ0v) is 15.5. The van der Waals surface area contributed by atoms with Gasteiger partial charge in [-0.3, -0.25) is 9.36 Å². The maximum Gasteiger partial charge on any atom is 0.308 e. The molecule has 2 aromatic carbocycles. The van der Waals surface area contributed by atoms with E-state index in [4.69, 9.17) is 11.6 Å². The van der Waals surface area contributed by atoms with Crippen LogP contribution < -0.4 is 9.60 Å². The minimum Gasteiger partial charge on any atom is -0.294 e. The minimum atomic E-state index is -3.53. The number of aromatic nitrogens is 1. The van der Waals surface area contributed by atoms with E-state index < -0.39 is 10.0 Å². The Morgan fingerprint density at radius 2 is 1.88 bits per heavy atom. The quantitative estimate of drug-likeness (QED) is 0.722. The van der Waals surface area contributed by atoms with Crippen molar-refractivity contribution in [1.29, 1.82) is 0 Å². The average molecular weight is 395 g/mol. The molecule has 3 aromatic rings. The Kier molecular flexibility index (Phi) is 4.19. The Labute approximate surface area is 153 Å². The molecule has 1 aliphatic rings. The number of halogens is 1. The number of hydrogen-bond donors (Lipinski definition) is 1. The average Bonchev–Trinajstić information content (AvgIpc) is 3.32. The van der Waals surface area contributed by atoms with Crippen molar-refractivity contribution < 1.29 is 8.42 Å². The van der Waals surface area contributed by atoms with Gasteiger partial charge >= 0.3 is 4.87 Å². The van der Waals surface area contributed by atoms with Gasteiger partial charge in [-0.2, -0.15) is 0 Å². The molecule has 1 saturated carbocycles. The molecule has 1 aliphatic carbocycles. The third kappa shape index (κ3) is 3.50. The molecule has 0 atom stereocenters. The van der Waals surface area contributed by atoms with Crippen molar-refractivity contribution in [1.82, 2.24) is 9.29 Å². The highest BCUT2D eigenvalue weighted by Crippen LogP contribution is 2.25. The van der Waals surface area contributed by atoms with E-state index in [2.05, 4.69) is 4.72 Å². The van der Waals surface area contributed by atoms with Gasteiger partial charge in [0.05, 0.1) is 21.7 Å². The molecule has 130 valence electrons. The van der Waals surface area contributed by atoms with Crippen molar-refractivity contribution in [2.24, 2.45) is 0 Å². The summed E-state index contributed by atoms with van der Waals surface area (Å²) >= 11 is 6.95. The summed E-state index contributed by atoms with van der Waals surface area (Å²) in [5.74, 6) is 0. The third-order valence-corrected chi connectivity index (χ3v) is 6.82. The zero-order valence-electron chi connectivity index (χ0n) is 13.1. The van der Waals surface area contributed by atoms with Crippen LogP contribution in [0.5, 0.6) is 0 Å². The van der Waals surface area contributed by atoms with Crippen LogP contribution in [0.4, 0.5) is 0 Å². The van der Waals surface area contributed by atoms with Crippen LogP contribution >= 0.6 is 22.9 Å². The standard InChI is InChI=1S/C17H15ClN2O3S2/c18-12-3-1-11(2-4-12)10-20-15-8-7-14(9-16(15)24-17(20)21)25(22,23)19-13-5-6-13/h1-4,7-9,13,19H,5-6,10H2. The molecule has 1 heterocycles. The monoisotopic (exact) mass is 394 g/mol. The lowest BCUT2D eigenvalue weighted by Crippen LogP contribution is -2.25. The predicted molar refractivity (Wildman–Crippen MR) is 100.0 cm³/mol. The van der Waals surface area contributed by atoms with Crippen LogP contribution in [-0.2, 0) is 16.6 Å². The first-order valence-corrected chi connectivity index (χ1v) is 10.5.